The molecule has 0 saturated heterocycles. The molecule has 0 amide bonds. The number of carbonyl (C=O) groups is 1. The Morgan fingerprint density at radius 1 is 1.69 bits per heavy atom. The van der Waals surface area contributed by atoms with Crippen molar-refractivity contribution in [2.75, 3.05) is 0 Å². The molecule has 0 radical (unpaired) electrons. The quantitative estimate of drug-likeness (QED) is 0.796. The van der Waals surface area contributed by atoms with Crippen LogP contribution in [0.2, 0.25) is 0 Å². The molecule has 0 saturated carbocycles. The van der Waals surface area contributed by atoms with Crippen molar-refractivity contribution in [3.63, 3.8) is 0 Å². The Morgan fingerprint density at radius 2 is 2.38 bits per heavy atom. The Hall–Kier alpha value is -1.88. The molecule has 1 aromatic rings. The SMILES string of the molecule is C=C/C(=C\C(=C)Cl)Cn1cnc(C(=O)O)n1. The molecule has 0 aromatic carbocycles. The standard InChI is InChI=1S/C10H10ClN3O2/c1-3-8(4-7(2)11)5-14-6-12-9(13-14)10(15)16/h3-4,6H,1-2,5H2,(H,15,16)/b8-4+. The van der Waals surface area contributed by atoms with Crippen molar-refractivity contribution in [2.45, 2.75) is 6.54 Å². The number of rotatable bonds is 5. The molecular formula is C10H10ClN3O2. The van der Waals surface area contributed by atoms with E-state index >= 15 is 0 Å². The van der Waals surface area contributed by atoms with Crippen LogP contribution in [-0.4, -0.2) is 25.8 Å². The minimum atomic E-state index is -1.16. The fourth-order valence-corrected chi connectivity index (χ4v) is 1.17. The van der Waals surface area contributed by atoms with E-state index in [-0.39, 0.29) is 5.82 Å². The van der Waals surface area contributed by atoms with Crippen molar-refractivity contribution in [2.24, 2.45) is 0 Å². The number of carboxylic acids is 1. The summed E-state index contributed by atoms with van der Waals surface area (Å²) in [5.74, 6) is -1.40. The van der Waals surface area contributed by atoms with E-state index in [0.717, 1.165) is 5.57 Å². The summed E-state index contributed by atoms with van der Waals surface area (Å²) < 4.78 is 1.39. The summed E-state index contributed by atoms with van der Waals surface area (Å²) in [7, 11) is 0. The maximum atomic E-state index is 10.5. The van der Waals surface area contributed by atoms with Gasteiger partial charge in [0.1, 0.15) is 6.33 Å². The van der Waals surface area contributed by atoms with Gasteiger partial charge in [-0.15, -0.1) is 5.10 Å². The lowest BCUT2D eigenvalue weighted by Crippen LogP contribution is -2.04. The first-order valence-corrected chi connectivity index (χ1v) is 4.71. The Balaban J connectivity index is 2.82. The maximum absolute atomic E-state index is 10.5. The number of allylic oxidation sites excluding steroid dienone is 4. The fraction of sp³-hybridized carbons (Fsp3) is 0.100. The highest BCUT2D eigenvalue weighted by molar-refractivity contribution is 6.30. The Labute approximate surface area is 97.4 Å². The average Bonchev–Trinajstić information content (AvgIpc) is 2.64. The smallest absolute Gasteiger partial charge is 0.375 e. The van der Waals surface area contributed by atoms with Crippen molar-refractivity contribution >= 4 is 17.6 Å². The van der Waals surface area contributed by atoms with E-state index < -0.39 is 5.97 Å². The van der Waals surface area contributed by atoms with Crippen LogP contribution in [0.3, 0.4) is 0 Å². The summed E-state index contributed by atoms with van der Waals surface area (Å²) in [5.41, 5.74) is 0.766. The van der Waals surface area contributed by atoms with Gasteiger partial charge >= 0.3 is 5.97 Å². The van der Waals surface area contributed by atoms with Crippen LogP contribution >= 0.6 is 11.6 Å². The minimum Gasteiger partial charge on any atom is -0.475 e. The van der Waals surface area contributed by atoms with Crippen LogP contribution in [0, 0.1) is 0 Å². The second-order valence-electron chi connectivity index (χ2n) is 2.94. The molecule has 84 valence electrons. The van der Waals surface area contributed by atoms with Gasteiger partial charge in [0.15, 0.2) is 0 Å². The van der Waals surface area contributed by atoms with E-state index in [9.17, 15) is 4.79 Å². The second-order valence-corrected chi connectivity index (χ2v) is 3.43. The van der Waals surface area contributed by atoms with E-state index in [1.54, 1.807) is 12.2 Å². The molecule has 0 fully saturated rings. The molecule has 0 aliphatic heterocycles. The van der Waals surface area contributed by atoms with Crippen LogP contribution in [-0.2, 0) is 6.54 Å². The maximum Gasteiger partial charge on any atom is 0.375 e. The number of aromatic nitrogens is 3. The van der Waals surface area contributed by atoms with E-state index in [1.165, 1.54) is 11.0 Å². The first-order valence-electron chi connectivity index (χ1n) is 4.33. The zero-order chi connectivity index (χ0) is 12.1. The number of halogens is 1. The molecule has 1 rings (SSSR count). The summed E-state index contributed by atoms with van der Waals surface area (Å²) in [6.07, 6.45) is 4.55. The zero-order valence-electron chi connectivity index (χ0n) is 8.43. The third-order valence-electron chi connectivity index (χ3n) is 1.68. The van der Waals surface area contributed by atoms with Gasteiger partial charge in [-0.3, -0.25) is 0 Å². The molecule has 0 atom stereocenters. The van der Waals surface area contributed by atoms with Crippen LogP contribution in [0.15, 0.2) is 42.2 Å². The lowest BCUT2D eigenvalue weighted by molar-refractivity contribution is 0.0683. The van der Waals surface area contributed by atoms with Crippen molar-refractivity contribution < 1.29 is 9.90 Å². The van der Waals surface area contributed by atoms with Crippen molar-refractivity contribution in [3.8, 4) is 0 Å². The van der Waals surface area contributed by atoms with E-state index in [1.807, 2.05) is 0 Å². The van der Waals surface area contributed by atoms with Gasteiger partial charge in [-0.05, 0) is 11.6 Å². The van der Waals surface area contributed by atoms with Gasteiger partial charge in [0.05, 0.1) is 6.54 Å². The lowest BCUT2D eigenvalue weighted by atomic mass is 10.2. The number of hydrogen-bond acceptors (Lipinski definition) is 3. The number of aromatic carboxylic acids is 1. The topological polar surface area (TPSA) is 68.0 Å². The number of carboxylic acid groups (broad SMARTS) is 1. The van der Waals surface area contributed by atoms with E-state index in [0.29, 0.717) is 11.6 Å². The van der Waals surface area contributed by atoms with Gasteiger partial charge in [0, 0.05) is 5.03 Å². The fourth-order valence-electron chi connectivity index (χ4n) is 1.03. The molecule has 0 aliphatic carbocycles. The first kappa shape index (κ1) is 12.2. The van der Waals surface area contributed by atoms with Crippen molar-refractivity contribution in [3.05, 3.63) is 48.1 Å². The summed E-state index contributed by atoms with van der Waals surface area (Å²) in [4.78, 5) is 14.2. The molecule has 1 aromatic heterocycles. The monoisotopic (exact) mass is 239 g/mol. The Kier molecular flexibility index (Phi) is 4.02. The van der Waals surface area contributed by atoms with Crippen LogP contribution < -0.4 is 0 Å². The summed E-state index contributed by atoms with van der Waals surface area (Å²) >= 11 is 5.62. The van der Waals surface area contributed by atoms with Crippen molar-refractivity contribution in [1.82, 2.24) is 14.8 Å². The molecule has 0 bridgehead atoms. The van der Waals surface area contributed by atoms with Gasteiger partial charge in [0.2, 0.25) is 0 Å². The summed E-state index contributed by atoms with van der Waals surface area (Å²) in [5, 5.41) is 12.7. The molecule has 16 heavy (non-hydrogen) atoms. The number of hydrogen-bond donors (Lipinski definition) is 1. The highest BCUT2D eigenvalue weighted by atomic mass is 35.5. The van der Waals surface area contributed by atoms with Crippen LogP contribution in [0.1, 0.15) is 10.6 Å². The predicted octanol–water partition coefficient (Wildman–Crippen LogP) is 1.84. The van der Waals surface area contributed by atoms with Crippen LogP contribution in [0.5, 0.6) is 0 Å². The molecule has 1 N–H and O–H groups in total. The molecule has 1 heterocycles. The molecular weight excluding hydrogens is 230 g/mol. The minimum absolute atomic E-state index is 0.242. The zero-order valence-corrected chi connectivity index (χ0v) is 9.18. The molecule has 5 nitrogen and oxygen atoms in total. The van der Waals surface area contributed by atoms with E-state index in [4.69, 9.17) is 16.7 Å². The van der Waals surface area contributed by atoms with Crippen LogP contribution in [0.4, 0.5) is 0 Å². The van der Waals surface area contributed by atoms with Gasteiger partial charge in [-0.1, -0.05) is 30.8 Å². The molecule has 0 unspecified atom stereocenters. The van der Waals surface area contributed by atoms with Gasteiger partial charge in [-0.25, -0.2) is 14.5 Å². The van der Waals surface area contributed by atoms with Gasteiger partial charge in [0.25, 0.3) is 5.82 Å². The normalized spacial score (nSPS) is 11.2. The Morgan fingerprint density at radius 3 is 2.81 bits per heavy atom. The summed E-state index contributed by atoms with van der Waals surface area (Å²) in [6, 6.07) is 0. The Bertz CT molecular complexity index is 462. The first-order chi connectivity index (χ1) is 7.52. The molecule has 6 heteroatoms. The summed E-state index contributed by atoms with van der Waals surface area (Å²) in [6.45, 7) is 7.47. The molecule has 0 aliphatic rings. The lowest BCUT2D eigenvalue weighted by Gasteiger charge is -2.00. The second kappa shape index (κ2) is 5.27. The highest BCUT2D eigenvalue weighted by Crippen LogP contribution is 2.07. The van der Waals surface area contributed by atoms with E-state index in [2.05, 4.69) is 23.2 Å². The number of nitrogens with zero attached hydrogens (tertiary/aromatic N) is 3. The highest BCUT2D eigenvalue weighted by Gasteiger charge is 2.08. The van der Waals surface area contributed by atoms with Gasteiger partial charge < -0.3 is 5.11 Å². The van der Waals surface area contributed by atoms with Crippen molar-refractivity contribution in [1.29, 1.82) is 0 Å². The average molecular weight is 240 g/mol. The molecule has 0 spiro atoms. The van der Waals surface area contributed by atoms with Gasteiger partial charge in [-0.2, -0.15) is 0 Å². The van der Waals surface area contributed by atoms with Crippen LogP contribution in [0.25, 0.3) is 0 Å². The predicted molar refractivity (Wildman–Crippen MR) is 60.3 cm³/mol. The largest absolute Gasteiger partial charge is 0.475 e. The third-order valence-corrected chi connectivity index (χ3v) is 1.79. The third kappa shape index (κ3) is 3.36.